The number of carbonyl (C=O) groups excluding carboxylic acids is 1. The number of methoxy groups -OCH3 is 1. The highest BCUT2D eigenvalue weighted by atomic mass is 16.5. The third-order valence-electron chi connectivity index (χ3n) is 4.67. The van der Waals surface area contributed by atoms with E-state index in [4.69, 9.17) is 9.47 Å². The molecular weight excluding hydrogens is 304 g/mol. The molecule has 1 saturated carbocycles. The number of hydrogen-bond acceptors (Lipinski definition) is 4. The number of nitrogens with zero attached hydrogens (tertiary/aromatic N) is 1. The Morgan fingerprint density at radius 2 is 2.17 bits per heavy atom. The Balaban J connectivity index is 1.91. The number of anilines is 1. The maximum Gasteiger partial charge on any atom is 0.256 e. The molecule has 0 aliphatic heterocycles. The molecule has 1 heterocycles. The van der Waals surface area contributed by atoms with Crippen LogP contribution in [0.4, 0.5) is 5.69 Å². The molecule has 3 rings (SSSR count). The van der Waals surface area contributed by atoms with E-state index in [1.54, 1.807) is 13.3 Å². The van der Waals surface area contributed by atoms with Gasteiger partial charge in [0.2, 0.25) is 0 Å². The molecule has 0 spiro atoms. The number of rotatable bonds is 7. The largest absolute Gasteiger partial charge is 0.491 e. The van der Waals surface area contributed by atoms with Crippen LogP contribution in [0.1, 0.15) is 33.1 Å². The van der Waals surface area contributed by atoms with Gasteiger partial charge in [0.05, 0.1) is 12.3 Å². The Kier molecular flexibility index (Phi) is 4.71. The van der Waals surface area contributed by atoms with Crippen LogP contribution in [0.2, 0.25) is 0 Å². The first kappa shape index (κ1) is 16.7. The average molecular weight is 328 g/mol. The van der Waals surface area contributed by atoms with E-state index in [9.17, 15) is 4.79 Å². The maximum atomic E-state index is 12.8. The molecule has 24 heavy (non-hydrogen) atoms. The summed E-state index contributed by atoms with van der Waals surface area (Å²) in [7, 11) is 1.60. The lowest BCUT2D eigenvalue weighted by molar-refractivity contribution is -0.138. The standard InChI is InChI=1S/C19H24N2O3/c1-4-12-24-16-10-9-15(14-6-5-11-20-17(14)16)21-18(22)19(2,23-3)13-7-8-13/h5-6,9-11,13H,4,7-8,12H2,1-3H3,(H,21,22)/t19-/m1/s1. The van der Waals surface area contributed by atoms with E-state index in [1.165, 1.54) is 0 Å². The highest BCUT2D eigenvalue weighted by Crippen LogP contribution is 2.42. The maximum absolute atomic E-state index is 12.8. The predicted octanol–water partition coefficient (Wildman–Crippen LogP) is 3.78. The van der Waals surface area contributed by atoms with E-state index < -0.39 is 5.60 Å². The third kappa shape index (κ3) is 3.08. The minimum Gasteiger partial charge on any atom is -0.491 e. The molecule has 0 unspecified atom stereocenters. The van der Waals surface area contributed by atoms with Crippen molar-refractivity contribution in [3.05, 3.63) is 30.5 Å². The molecule has 1 fully saturated rings. The van der Waals surface area contributed by atoms with Gasteiger partial charge in [0.1, 0.15) is 16.9 Å². The van der Waals surface area contributed by atoms with Gasteiger partial charge >= 0.3 is 0 Å². The van der Waals surface area contributed by atoms with Gasteiger partial charge in [0.25, 0.3) is 5.91 Å². The SMILES string of the molecule is CCCOc1ccc(NC(=O)[C@](C)(OC)C2CC2)c2cccnc12. The van der Waals surface area contributed by atoms with Crippen molar-refractivity contribution in [2.75, 3.05) is 19.0 Å². The van der Waals surface area contributed by atoms with Gasteiger partial charge in [0, 0.05) is 18.7 Å². The van der Waals surface area contributed by atoms with Crippen LogP contribution in [0, 0.1) is 5.92 Å². The van der Waals surface area contributed by atoms with E-state index in [0.29, 0.717) is 12.5 Å². The average Bonchev–Trinajstić information content (AvgIpc) is 3.45. The first-order valence-electron chi connectivity index (χ1n) is 8.47. The zero-order chi connectivity index (χ0) is 17.2. The minimum absolute atomic E-state index is 0.111. The summed E-state index contributed by atoms with van der Waals surface area (Å²) in [5, 5.41) is 3.89. The monoisotopic (exact) mass is 328 g/mol. The molecule has 5 nitrogen and oxygen atoms in total. The van der Waals surface area contributed by atoms with Crippen molar-refractivity contribution in [2.24, 2.45) is 5.92 Å². The molecule has 1 atom stereocenters. The van der Waals surface area contributed by atoms with E-state index >= 15 is 0 Å². The molecule has 0 radical (unpaired) electrons. The van der Waals surface area contributed by atoms with Gasteiger partial charge in [-0.05, 0) is 56.4 Å². The molecule has 1 aliphatic carbocycles. The zero-order valence-corrected chi connectivity index (χ0v) is 14.5. The lowest BCUT2D eigenvalue weighted by Gasteiger charge is -2.27. The molecule has 128 valence electrons. The van der Waals surface area contributed by atoms with Crippen LogP contribution in [0.5, 0.6) is 5.75 Å². The lowest BCUT2D eigenvalue weighted by atomic mass is 9.98. The molecular formula is C19H24N2O3. The molecule has 1 N–H and O–H groups in total. The molecule has 1 aliphatic rings. The topological polar surface area (TPSA) is 60.5 Å². The van der Waals surface area contributed by atoms with Gasteiger partial charge in [-0.25, -0.2) is 0 Å². The Hall–Kier alpha value is -2.14. The number of aromatic nitrogens is 1. The van der Waals surface area contributed by atoms with Crippen molar-refractivity contribution in [1.29, 1.82) is 0 Å². The summed E-state index contributed by atoms with van der Waals surface area (Å²) in [4.78, 5) is 17.2. The smallest absolute Gasteiger partial charge is 0.256 e. The normalized spacial score (nSPS) is 16.6. The Bertz CT molecular complexity index is 742. The van der Waals surface area contributed by atoms with Crippen LogP contribution in [-0.4, -0.2) is 30.2 Å². The molecule has 0 bridgehead atoms. The van der Waals surface area contributed by atoms with Gasteiger partial charge in [-0.1, -0.05) is 6.92 Å². The number of hydrogen-bond donors (Lipinski definition) is 1. The van der Waals surface area contributed by atoms with Crippen LogP contribution in [-0.2, 0) is 9.53 Å². The number of carbonyl (C=O) groups is 1. The molecule has 1 amide bonds. The van der Waals surface area contributed by atoms with Crippen LogP contribution in [0.3, 0.4) is 0 Å². The fraction of sp³-hybridized carbons (Fsp3) is 0.474. The fourth-order valence-corrected chi connectivity index (χ4v) is 2.91. The summed E-state index contributed by atoms with van der Waals surface area (Å²) in [5.41, 5.74) is 0.705. The van der Waals surface area contributed by atoms with Crippen molar-refractivity contribution < 1.29 is 14.3 Å². The fourth-order valence-electron chi connectivity index (χ4n) is 2.91. The quantitative estimate of drug-likeness (QED) is 0.840. The van der Waals surface area contributed by atoms with Crippen LogP contribution >= 0.6 is 0 Å². The van der Waals surface area contributed by atoms with E-state index in [2.05, 4.69) is 17.2 Å². The minimum atomic E-state index is -0.786. The molecule has 1 aromatic heterocycles. The summed E-state index contributed by atoms with van der Waals surface area (Å²) in [5.74, 6) is 0.918. The highest BCUT2D eigenvalue weighted by Gasteiger charge is 2.47. The first-order valence-corrected chi connectivity index (χ1v) is 8.47. The van der Waals surface area contributed by atoms with Gasteiger partial charge in [-0.2, -0.15) is 0 Å². The summed E-state index contributed by atoms with van der Waals surface area (Å²) in [6.07, 6.45) is 4.73. The number of ether oxygens (including phenoxy) is 2. The van der Waals surface area contributed by atoms with Gasteiger partial charge in [-0.3, -0.25) is 9.78 Å². The van der Waals surface area contributed by atoms with E-state index in [0.717, 1.165) is 41.6 Å². The summed E-state index contributed by atoms with van der Waals surface area (Å²) < 4.78 is 11.3. The van der Waals surface area contributed by atoms with E-state index in [1.807, 2.05) is 31.2 Å². The number of fused-ring (bicyclic) bond motifs is 1. The number of benzene rings is 1. The summed E-state index contributed by atoms with van der Waals surface area (Å²) >= 11 is 0. The Labute approximate surface area is 142 Å². The Morgan fingerprint density at radius 3 is 2.83 bits per heavy atom. The third-order valence-corrected chi connectivity index (χ3v) is 4.67. The molecule has 0 saturated heterocycles. The predicted molar refractivity (Wildman–Crippen MR) is 94.3 cm³/mol. The summed E-state index contributed by atoms with van der Waals surface area (Å²) in [6.45, 7) is 4.56. The Morgan fingerprint density at radius 1 is 1.38 bits per heavy atom. The molecule has 2 aromatic rings. The zero-order valence-electron chi connectivity index (χ0n) is 14.5. The van der Waals surface area contributed by atoms with Crippen LogP contribution < -0.4 is 10.1 Å². The number of amides is 1. The van der Waals surface area contributed by atoms with Crippen LogP contribution in [0.25, 0.3) is 10.9 Å². The second-order valence-corrected chi connectivity index (χ2v) is 6.40. The second-order valence-electron chi connectivity index (χ2n) is 6.40. The molecule has 5 heteroatoms. The van der Waals surface area contributed by atoms with Crippen LogP contribution in [0.15, 0.2) is 30.5 Å². The van der Waals surface area contributed by atoms with Crippen molar-refractivity contribution in [3.8, 4) is 5.75 Å². The first-order chi connectivity index (χ1) is 11.6. The van der Waals surface area contributed by atoms with Crippen molar-refractivity contribution in [3.63, 3.8) is 0 Å². The van der Waals surface area contributed by atoms with Gasteiger partial charge in [0.15, 0.2) is 0 Å². The number of pyridine rings is 1. The summed E-state index contributed by atoms with van der Waals surface area (Å²) in [6, 6.07) is 7.54. The van der Waals surface area contributed by atoms with E-state index in [-0.39, 0.29) is 5.91 Å². The number of nitrogens with one attached hydrogen (secondary N) is 1. The second kappa shape index (κ2) is 6.77. The van der Waals surface area contributed by atoms with Crippen molar-refractivity contribution >= 4 is 22.5 Å². The van der Waals surface area contributed by atoms with Crippen molar-refractivity contribution in [1.82, 2.24) is 4.98 Å². The van der Waals surface area contributed by atoms with Crippen molar-refractivity contribution in [2.45, 2.75) is 38.7 Å². The van der Waals surface area contributed by atoms with Gasteiger partial charge < -0.3 is 14.8 Å². The van der Waals surface area contributed by atoms with Gasteiger partial charge in [-0.15, -0.1) is 0 Å². The lowest BCUT2D eigenvalue weighted by Crippen LogP contribution is -2.44. The highest BCUT2D eigenvalue weighted by molar-refractivity contribution is 6.05. The molecule has 1 aromatic carbocycles.